The maximum absolute atomic E-state index is 14.7. The van der Waals surface area contributed by atoms with E-state index in [1.807, 2.05) is 20.8 Å². The molecule has 5 rings (SSSR count). The molecule has 0 aromatic heterocycles. The van der Waals surface area contributed by atoms with E-state index in [4.69, 9.17) is 14.2 Å². The van der Waals surface area contributed by atoms with E-state index in [1.54, 1.807) is 29.2 Å². The van der Waals surface area contributed by atoms with Gasteiger partial charge in [-0.25, -0.2) is 18.0 Å². The van der Waals surface area contributed by atoms with Gasteiger partial charge < -0.3 is 19.1 Å². The number of Topliss-reactive ketones (excluding diaryl/α,β-unsaturated/α-hetero) is 1. The summed E-state index contributed by atoms with van der Waals surface area (Å²) >= 11 is 0. The number of benzene rings is 3. The van der Waals surface area contributed by atoms with Crippen molar-refractivity contribution < 1.29 is 37.0 Å². The number of allylic oxidation sites excluding steroid dienone is 1. The number of ketones is 1. The molecular weight excluding hydrogens is 573 g/mol. The fraction of sp³-hybridized carbons (Fsp3) is 0.353. The van der Waals surface area contributed by atoms with Crippen LogP contribution in [-0.2, 0) is 4.74 Å². The lowest BCUT2D eigenvalue weighted by Gasteiger charge is -2.35. The molecule has 3 aromatic carbocycles. The van der Waals surface area contributed by atoms with E-state index < -0.39 is 28.8 Å². The van der Waals surface area contributed by atoms with Gasteiger partial charge in [0.2, 0.25) is 0 Å². The molecule has 1 fully saturated rings. The van der Waals surface area contributed by atoms with Crippen LogP contribution in [0.3, 0.4) is 0 Å². The zero-order chi connectivity index (χ0) is 31.6. The molecule has 2 aliphatic rings. The van der Waals surface area contributed by atoms with Crippen LogP contribution < -0.4 is 9.47 Å². The number of piperazine rings is 1. The third-order valence-electron chi connectivity index (χ3n) is 7.49. The van der Waals surface area contributed by atoms with Crippen LogP contribution in [-0.4, -0.2) is 73.7 Å². The van der Waals surface area contributed by atoms with E-state index in [9.17, 15) is 22.8 Å². The Hall–Kier alpha value is -4.31. The second-order valence-corrected chi connectivity index (χ2v) is 11.8. The largest absolute Gasteiger partial charge is 0.494 e. The maximum atomic E-state index is 14.7. The quantitative estimate of drug-likeness (QED) is 0.269. The van der Waals surface area contributed by atoms with Crippen molar-refractivity contribution in [2.75, 3.05) is 46.4 Å². The summed E-state index contributed by atoms with van der Waals surface area (Å²) in [6.07, 6.45) is 0.423. The number of amides is 1. The molecule has 0 bridgehead atoms. The molecule has 1 aliphatic carbocycles. The van der Waals surface area contributed by atoms with Crippen molar-refractivity contribution in [2.24, 2.45) is 0 Å². The molecule has 0 saturated carbocycles. The SMILES string of the molecule is COc1ccc(C2=C(c3cc(F)cc(F)c3)c3ccc(OCCCN4CCN(C(=O)OC(C)(C)C)CC4)cc3C2=O)cc1F. The number of hydrogen-bond donors (Lipinski definition) is 0. The van der Waals surface area contributed by atoms with Crippen molar-refractivity contribution >= 4 is 23.0 Å². The summed E-state index contributed by atoms with van der Waals surface area (Å²) in [7, 11) is 1.34. The van der Waals surface area contributed by atoms with E-state index in [1.165, 1.54) is 19.2 Å². The molecule has 0 spiro atoms. The number of carbonyl (C=O) groups excluding carboxylic acids is 2. The Morgan fingerprint density at radius 3 is 2.18 bits per heavy atom. The second kappa shape index (κ2) is 12.7. The van der Waals surface area contributed by atoms with Crippen molar-refractivity contribution in [1.29, 1.82) is 0 Å². The number of carbonyl (C=O) groups is 2. The fourth-order valence-corrected chi connectivity index (χ4v) is 5.46. The smallest absolute Gasteiger partial charge is 0.410 e. The molecular formula is C34H35F3N2O5. The van der Waals surface area contributed by atoms with Crippen molar-refractivity contribution in [2.45, 2.75) is 32.8 Å². The average Bonchev–Trinajstić information content (AvgIpc) is 3.25. The Labute approximate surface area is 254 Å². The minimum atomic E-state index is -0.792. The van der Waals surface area contributed by atoms with Crippen molar-refractivity contribution in [3.63, 3.8) is 0 Å². The van der Waals surface area contributed by atoms with Gasteiger partial charge in [-0.15, -0.1) is 0 Å². The van der Waals surface area contributed by atoms with Crippen molar-refractivity contribution in [3.8, 4) is 11.5 Å². The minimum Gasteiger partial charge on any atom is -0.494 e. The van der Waals surface area contributed by atoms with Gasteiger partial charge in [0.05, 0.1) is 13.7 Å². The lowest BCUT2D eigenvalue weighted by atomic mass is 9.94. The Bertz CT molecular complexity index is 1590. The topological polar surface area (TPSA) is 68.3 Å². The molecule has 232 valence electrons. The molecule has 10 heteroatoms. The van der Waals surface area contributed by atoms with Crippen LogP contribution >= 0.6 is 0 Å². The first-order chi connectivity index (χ1) is 20.9. The Morgan fingerprint density at radius 2 is 1.55 bits per heavy atom. The molecule has 44 heavy (non-hydrogen) atoms. The van der Waals surface area contributed by atoms with Crippen LogP contribution in [0, 0.1) is 17.5 Å². The highest BCUT2D eigenvalue weighted by Gasteiger charge is 2.33. The van der Waals surface area contributed by atoms with E-state index in [0.29, 0.717) is 42.1 Å². The van der Waals surface area contributed by atoms with Gasteiger partial charge in [0, 0.05) is 55.5 Å². The number of nitrogens with zero attached hydrogens (tertiary/aromatic N) is 2. The third kappa shape index (κ3) is 6.91. The first kappa shape index (κ1) is 31.1. The Kier molecular flexibility index (Phi) is 9.01. The maximum Gasteiger partial charge on any atom is 0.410 e. The van der Waals surface area contributed by atoms with Gasteiger partial charge in [-0.1, -0.05) is 6.07 Å². The highest BCUT2D eigenvalue weighted by molar-refractivity contribution is 6.41. The van der Waals surface area contributed by atoms with Gasteiger partial charge in [0.1, 0.15) is 23.0 Å². The van der Waals surface area contributed by atoms with Crippen molar-refractivity contribution in [1.82, 2.24) is 9.80 Å². The summed E-state index contributed by atoms with van der Waals surface area (Å²) in [6.45, 7) is 9.36. The van der Waals surface area contributed by atoms with Gasteiger partial charge in [-0.05, 0) is 86.3 Å². The zero-order valence-corrected chi connectivity index (χ0v) is 25.2. The highest BCUT2D eigenvalue weighted by atomic mass is 19.1. The summed E-state index contributed by atoms with van der Waals surface area (Å²) in [6, 6.07) is 12.2. The second-order valence-electron chi connectivity index (χ2n) is 11.8. The van der Waals surface area contributed by atoms with Crippen LogP contribution in [0.15, 0.2) is 54.6 Å². The van der Waals surface area contributed by atoms with Gasteiger partial charge in [-0.2, -0.15) is 0 Å². The molecule has 0 radical (unpaired) electrons. The average molecular weight is 609 g/mol. The van der Waals surface area contributed by atoms with Gasteiger partial charge in [0.15, 0.2) is 17.3 Å². The summed E-state index contributed by atoms with van der Waals surface area (Å²) in [5.74, 6) is -2.17. The number of halogens is 3. The van der Waals surface area contributed by atoms with E-state index in [-0.39, 0.29) is 28.5 Å². The van der Waals surface area contributed by atoms with Crippen molar-refractivity contribution in [3.05, 3.63) is 94.3 Å². The summed E-state index contributed by atoms with van der Waals surface area (Å²) in [4.78, 5) is 30.0. The Morgan fingerprint density at radius 1 is 0.841 bits per heavy atom. The van der Waals surface area contributed by atoms with Crippen LogP contribution in [0.5, 0.6) is 11.5 Å². The van der Waals surface area contributed by atoms with Crippen LogP contribution in [0.2, 0.25) is 0 Å². The molecule has 1 amide bonds. The molecule has 1 saturated heterocycles. The van der Waals surface area contributed by atoms with E-state index >= 15 is 0 Å². The molecule has 0 N–H and O–H groups in total. The predicted molar refractivity (Wildman–Crippen MR) is 160 cm³/mol. The molecule has 7 nitrogen and oxygen atoms in total. The lowest BCUT2D eigenvalue weighted by Crippen LogP contribution is -2.50. The highest BCUT2D eigenvalue weighted by Crippen LogP contribution is 2.44. The van der Waals surface area contributed by atoms with Crippen LogP contribution in [0.1, 0.15) is 54.2 Å². The van der Waals surface area contributed by atoms with E-state index in [0.717, 1.165) is 44.3 Å². The summed E-state index contributed by atoms with van der Waals surface area (Å²) < 4.78 is 59.6. The first-order valence-electron chi connectivity index (χ1n) is 14.5. The van der Waals surface area contributed by atoms with Crippen LogP contribution in [0.4, 0.5) is 18.0 Å². The first-order valence-corrected chi connectivity index (χ1v) is 14.5. The molecule has 0 atom stereocenters. The summed E-state index contributed by atoms with van der Waals surface area (Å²) in [5, 5.41) is 0. The number of fused-ring (bicyclic) bond motifs is 1. The molecule has 1 aliphatic heterocycles. The number of rotatable bonds is 8. The van der Waals surface area contributed by atoms with Gasteiger partial charge >= 0.3 is 6.09 Å². The summed E-state index contributed by atoms with van der Waals surface area (Å²) in [5.41, 5.74) is 1.12. The fourth-order valence-electron chi connectivity index (χ4n) is 5.46. The molecule has 3 aromatic rings. The van der Waals surface area contributed by atoms with Gasteiger partial charge in [-0.3, -0.25) is 9.69 Å². The minimum absolute atomic E-state index is 0.0104. The lowest BCUT2D eigenvalue weighted by molar-refractivity contribution is 0.0142. The Balaban J connectivity index is 1.27. The molecule has 1 heterocycles. The van der Waals surface area contributed by atoms with Gasteiger partial charge in [0.25, 0.3) is 0 Å². The standard InChI is InChI=1S/C34H35F3N2O5/c1-34(2,3)44-33(41)39-13-11-38(12-14-39)10-5-15-43-25-7-8-26-27(20-25)32(40)31(21-6-9-29(42-4)28(37)18-21)30(26)22-16-23(35)19-24(36)17-22/h6-9,16-20H,5,10-15H2,1-4H3. The molecule has 0 unspecified atom stereocenters. The number of methoxy groups -OCH3 is 1. The predicted octanol–water partition coefficient (Wildman–Crippen LogP) is 6.59. The normalized spacial score (nSPS) is 15.4. The van der Waals surface area contributed by atoms with Crippen LogP contribution in [0.25, 0.3) is 11.1 Å². The monoisotopic (exact) mass is 608 g/mol. The number of hydrogen-bond acceptors (Lipinski definition) is 6. The number of ether oxygens (including phenoxy) is 3. The zero-order valence-electron chi connectivity index (χ0n) is 25.2. The third-order valence-corrected chi connectivity index (χ3v) is 7.49. The van der Waals surface area contributed by atoms with E-state index in [2.05, 4.69) is 4.90 Å².